The van der Waals surface area contributed by atoms with Gasteiger partial charge in [-0.2, -0.15) is 0 Å². The Morgan fingerprint density at radius 1 is 1.21 bits per heavy atom. The fourth-order valence-electron chi connectivity index (χ4n) is 1.53. The summed E-state index contributed by atoms with van der Waals surface area (Å²) in [5.41, 5.74) is -1.59. The van der Waals surface area contributed by atoms with E-state index in [-0.39, 0.29) is 6.42 Å². The van der Waals surface area contributed by atoms with Crippen molar-refractivity contribution >= 4 is 11.9 Å². The van der Waals surface area contributed by atoms with Crippen LogP contribution in [0.3, 0.4) is 0 Å². The van der Waals surface area contributed by atoms with Gasteiger partial charge in [0.05, 0.1) is 0 Å². The minimum absolute atomic E-state index is 0.0692. The molecule has 0 saturated carbocycles. The van der Waals surface area contributed by atoms with Crippen molar-refractivity contribution in [2.45, 2.75) is 39.7 Å². The maximum Gasteiger partial charge on any atom is 0.324 e. The van der Waals surface area contributed by atoms with Crippen LogP contribution in [0.1, 0.15) is 33.3 Å². The van der Waals surface area contributed by atoms with E-state index in [2.05, 4.69) is 4.98 Å². The Morgan fingerprint density at radius 2 is 1.74 bits per heavy atom. The molecule has 0 spiro atoms. The highest BCUT2D eigenvalue weighted by Gasteiger charge is 2.44. The summed E-state index contributed by atoms with van der Waals surface area (Å²) >= 11 is 0. The van der Waals surface area contributed by atoms with Crippen LogP contribution in [0.4, 0.5) is 0 Å². The topological polar surface area (TPSA) is 76.5 Å². The maximum absolute atomic E-state index is 12.1. The van der Waals surface area contributed by atoms with Crippen LogP contribution < -0.4 is 0 Å². The van der Waals surface area contributed by atoms with Crippen molar-refractivity contribution in [1.82, 2.24) is 4.98 Å². The van der Waals surface area contributed by atoms with Gasteiger partial charge in [0.25, 0.3) is 0 Å². The fraction of sp³-hybridized carbons (Fsp3) is 0.500. The van der Waals surface area contributed by atoms with E-state index in [4.69, 9.17) is 4.74 Å². The van der Waals surface area contributed by atoms with E-state index >= 15 is 0 Å². The number of pyridine rings is 1. The molecule has 19 heavy (non-hydrogen) atoms. The molecular weight excluding hydrogens is 246 g/mol. The zero-order valence-electron chi connectivity index (χ0n) is 11.6. The highest BCUT2D eigenvalue weighted by atomic mass is 16.6. The molecule has 0 aliphatic rings. The van der Waals surface area contributed by atoms with E-state index in [0.29, 0.717) is 0 Å². The molecule has 0 bridgehead atoms. The molecule has 0 fully saturated rings. The molecule has 1 atom stereocenters. The molecule has 0 amide bonds. The van der Waals surface area contributed by atoms with E-state index in [1.807, 2.05) is 0 Å². The van der Waals surface area contributed by atoms with Gasteiger partial charge < -0.3 is 9.84 Å². The highest BCUT2D eigenvalue weighted by molar-refractivity contribution is 5.99. The van der Waals surface area contributed by atoms with E-state index < -0.39 is 23.0 Å². The Balaban J connectivity index is 2.98. The lowest BCUT2D eigenvalue weighted by atomic mass is 9.83. The summed E-state index contributed by atoms with van der Waals surface area (Å²) in [5.74, 6) is -1.93. The van der Waals surface area contributed by atoms with E-state index in [9.17, 15) is 14.7 Å². The number of esters is 1. The largest absolute Gasteiger partial charge is 0.480 e. The van der Waals surface area contributed by atoms with Gasteiger partial charge in [0.15, 0.2) is 5.41 Å². The van der Waals surface area contributed by atoms with Gasteiger partial charge in [0, 0.05) is 12.4 Å². The number of carbonyl (C=O) groups excluding carboxylic acids is 1. The van der Waals surface area contributed by atoms with Gasteiger partial charge >= 0.3 is 11.9 Å². The molecule has 0 saturated heterocycles. The molecule has 1 aromatic rings. The second kappa shape index (κ2) is 5.38. The number of nitrogens with zero attached hydrogens (tertiary/aromatic N) is 1. The van der Waals surface area contributed by atoms with Crippen molar-refractivity contribution in [2.75, 3.05) is 0 Å². The summed E-state index contributed by atoms with van der Waals surface area (Å²) in [4.78, 5) is 27.4. The first-order valence-electron chi connectivity index (χ1n) is 6.01. The lowest BCUT2D eigenvalue weighted by molar-refractivity contribution is -0.175. The third kappa shape index (κ3) is 4.05. The molecule has 1 N–H and O–H groups in total. The van der Waals surface area contributed by atoms with Crippen LogP contribution >= 0.6 is 0 Å². The Hall–Kier alpha value is -1.91. The summed E-state index contributed by atoms with van der Waals surface area (Å²) < 4.78 is 5.20. The summed E-state index contributed by atoms with van der Waals surface area (Å²) in [6, 6.07) is 3.37. The molecule has 104 valence electrons. The average molecular weight is 265 g/mol. The van der Waals surface area contributed by atoms with E-state index in [1.165, 1.54) is 6.92 Å². The van der Waals surface area contributed by atoms with Crippen molar-refractivity contribution in [3.8, 4) is 0 Å². The van der Waals surface area contributed by atoms with Crippen LogP contribution in [-0.4, -0.2) is 27.6 Å². The second-order valence-corrected chi connectivity index (χ2v) is 5.67. The minimum Gasteiger partial charge on any atom is -0.480 e. The molecule has 0 aliphatic carbocycles. The van der Waals surface area contributed by atoms with Gasteiger partial charge in [0.2, 0.25) is 0 Å². The van der Waals surface area contributed by atoms with Crippen LogP contribution in [0.15, 0.2) is 24.5 Å². The molecule has 5 nitrogen and oxygen atoms in total. The lowest BCUT2D eigenvalue weighted by Crippen LogP contribution is -2.43. The number of carbonyl (C=O) groups is 2. The summed E-state index contributed by atoms with van der Waals surface area (Å²) in [6.07, 6.45) is 3.19. The predicted molar refractivity (Wildman–Crippen MR) is 69.5 cm³/mol. The van der Waals surface area contributed by atoms with E-state index in [0.717, 1.165) is 5.56 Å². The number of ether oxygens (including phenoxy) is 1. The Labute approximate surface area is 112 Å². The number of hydrogen-bond acceptors (Lipinski definition) is 4. The third-order valence-corrected chi connectivity index (χ3v) is 2.63. The minimum atomic E-state index is -1.60. The number of aliphatic carboxylic acids is 1. The normalized spacial score (nSPS) is 14.5. The van der Waals surface area contributed by atoms with Gasteiger partial charge in [-0.1, -0.05) is 0 Å². The average Bonchev–Trinajstić information content (AvgIpc) is 2.27. The zero-order valence-corrected chi connectivity index (χ0v) is 11.6. The van der Waals surface area contributed by atoms with Crippen LogP contribution in [-0.2, 0) is 20.7 Å². The Morgan fingerprint density at radius 3 is 2.16 bits per heavy atom. The van der Waals surface area contributed by atoms with Gasteiger partial charge in [-0.25, -0.2) is 0 Å². The zero-order chi connectivity index (χ0) is 14.7. The van der Waals surface area contributed by atoms with Gasteiger partial charge in [-0.3, -0.25) is 14.6 Å². The smallest absolute Gasteiger partial charge is 0.324 e. The number of rotatable bonds is 4. The van der Waals surface area contributed by atoms with Crippen molar-refractivity contribution in [3.63, 3.8) is 0 Å². The molecular formula is C14H19NO4. The van der Waals surface area contributed by atoms with Crippen LogP contribution in [0.2, 0.25) is 0 Å². The molecule has 1 rings (SSSR count). The number of carboxylic acid groups (broad SMARTS) is 1. The Bertz CT molecular complexity index is 464. The molecule has 0 aliphatic heterocycles. The van der Waals surface area contributed by atoms with Crippen LogP contribution in [0.25, 0.3) is 0 Å². The fourth-order valence-corrected chi connectivity index (χ4v) is 1.53. The van der Waals surface area contributed by atoms with Gasteiger partial charge in [-0.05, 0) is 51.8 Å². The quantitative estimate of drug-likeness (QED) is 0.666. The van der Waals surface area contributed by atoms with E-state index in [1.54, 1.807) is 45.3 Å². The standard InChI is InChI=1S/C14H19NO4/c1-13(2,3)19-12(18)14(4,11(16)17)9-10-5-7-15-8-6-10/h5-8H,9H2,1-4H3,(H,16,17). The highest BCUT2D eigenvalue weighted by Crippen LogP contribution is 2.27. The van der Waals surface area contributed by atoms with Crippen molar-refractivity contribution < 1.29 is 19.4 Å². The molecule has 1 unspecified atom stereocenters. The first kappa shape index (κ1) is 15.1. The summed E-state index contributed by atoms with van der Waals surface area (Å²) in [5, 5.41) is 9.34. The van der Waals surface area contributed by atoms with Gasteiger partial charge in [-0.15, -0.1) is 0 Å². The van der Waals surface area contributed by atoms with Crippen molar-refractivity contribution in [1.29, 1.82) is 0 Å². The van der Waals surface area contributed by atoms with Gasteiger partial charge in [0.1, 0.15) is 5.60 Å². The molecule has 1 aromatic heterocycles. The summed E-state index contributed by atoms with van der Waals surface area (Å²) in [7, 11) is 0. The summed E-state index contributed by atoms with van der Waals surface area (Å²) in [6.45, 7) is 6.50. The molecule has 0 aromatic carbocycles. The molecule has 5 heteroatoms. The Kier molecular flexibility index (Phi) is 4.29. The van der Waals surface area contributed by atoms with Crippen molar-refractivity contribution in [3.05, 3.63) is 30.1 Å². The molecule has 1 heterocycles. The third-order valence-electron chi connectivity index (χ3n) is 2.63. The monoisotopic (exact) mass is 265 g/mol. The molecule has 0 radical (unpaired) electrons. The lowest BCUT2D eigenvalue weighted by Gasteiger charge is -2.28. The van der Waals surface area contributed by atoms with Crippen LogP contribution in [0, 0.1) is 5.41 Å². The number of aromatic nitrogens is 1. The number of hydrogen-bond donors (Lipinski definition) is 1. The SMILES string of the molecule is CC(C)(C)OC(=O)C(C)(Cc1ccncc1)C(=O)O. The van der Waals surface area contributed by atoms with Crippen LogP contribution in [0.5, 0.6) is 0 Å². The first-order valence-corrected chi connectivity index (χ1v) is 6.01. The first-order chi connectivity index (χ1) is 8.65. The predicted octanol–water partition coefficient (Wildman–Crippen LogP) is 2.06. The van der Waals surface area contributed by atoms with Crippen molar-refractivity contribution in [2.24, 2.45) is 5.41 Å². The maximum atomic E-state index is 12.1. The number of carboxylic acids is 1. The second-order valence-electron chi connectivity index (χ2n) is 5.67.